The SMILES string of the molecule is CCOC(=O)C1CCN(C(=NC)NC2CC2C)CC1.I. The molecule has 0 aromatic heterocycles. The van der Waals surface area contributed by atoms with E-state index in [0.717, 1.165) is 37.8 Å². The predicted molar refractivity (Wildman–Crippen MR) is 90.4 cm³/mol. The quantitative estimate of drug-likeness (QED) is 0.343. The second-order valence-electron chi connectivity index (χ2n) is 5.52. The monoisotopic (exact) mass is 395 g/mol. The topological polar surface area (TPSA) is 53.9 Å². The van der Waals surface area contributed by atoms with Crippen LogP contribution in [0.1, 0.15) is 33.1 Å². The van der Waals surface area contributed by atoms with Gasteiger partial charge in [0.1, 0.15) is 0 Å². The van der Waals surface area contributed by atoms with Crippen LogP contribution in [0, 0.1) is 11.8 Å². The van der Waals surface area contributed by atoms with Crippen LogP contribution in [0.15, 0.2) is 4.99 Å². The smallest absolute Gasteiger partial charge is 0.309 e. The number of guanidine groups is 1. The van der Waals surface area contributed by atoms with Crippen LogP contribution in [0.3, 0.4) is 0 Å². The Morgan fingerprint density at radius 3 is 2.45 bits per heavy atom. The normalized spacial score (nSPS) is 26.8. The van der Waals surface area contributed by atoms with Crippen LogP contribution in [0.2, 0.25) is 0 Å². The van der Waals surface area contributed by atoms with Crippen LogP contribution in [-0.2, 0) is 9.53 Å². The minimum absolute atomic E-state index is 0. The van der Waals surface area contributed by atoms with Crippen molar-refractivity contribution in [3.05, 3.63) is 0 Å². The molecule has 1 aliphatic carbocycles. The van der Waals surface area contributed by atoms with Crippen LogP contribution in [0.5, 0.6) is 0 Å². The Bertz CT molecular complexity index is 354. The van der Waals surface area contributed by atoms with Crippen molar-refractivity contribution in [1.29, 1.82) is 0 Å². The fraction of sp³-hybridized carbons (Fsp3) is 0.857. The average Bonchev–Trinajstić information content (AvgIpc) is 3.12. The Morgan fingerprint density at radius 1 is 1.40 bits per heavy atom. The zero-order valence-corrected chi connectivity index (χ0v) is 14.9. The molecular weight excluding hydrogens is 369 g/mol. The number of aliphatic imine (C=N–C) groups is 1. The Kier molecular flexibility index (Phi) is 7.05. The standard InChI is InChI=1S/C14H25N3O2.HI/c1-4-19-13(18)11-5-7-17(8-6-11)14(15-3)16-12-9-10(12)2;/h10-12H,4-9H2,1-3H3,(H,15,16);1H. The summed E-state index contributed by atoms with van der Waals surface area (Å²) in [4.78, 5) is 18.3. The maximum atomic E-state index is 11.7. The van der Waals surface area contributed by atoms with Crippen molar-refractivity contribution >= 4 is 35.9 Å². The van der Waals surface area contributed by atoms with E-state index in [-0.39, 0.29) is 35.9 Å². The van der Waals surface area contributed by atoms with Crippen LogP contribution in [0.25, 0.3) is 0 Å². The summed E-state index contributed by atoms with van der Waals surface area (Å²) in [5, 5.41) is 3.49. The molecule has 2 atom stereocenters. The fourth-order valence-electron chi connectivity index (χ4n) is 2.57. The summed E-state index contributed by atoms with van der Waals surface area (Å²) >= 11 is 0. The van der Waals surface area contributed by atoms with E-state index in [9.17, 15) is 4.79 Å². The zero-order chi connectivity index (χ0) is 13.8. The van der Waals surface area contributed by atoms with Crippen molar-refractivity contribution < 1.29 is 9.53 Å². The first-order chi connectivity index (χ1) is 9.15. The van der Waals surface area contributed by atoms with E-state index >= 15 is 0 Å². The summed E-state index contributed by atoms with van der Waals surface area (Å²) in [6, 6.07) is 0.585. The molecule has 0 amide bonds. The number of likely N-dealkylation sites (tertiary alicyclic amines) is 1. The molecule has 1 saturated heterocycles. The summed E-state index contributed by atoms with van der Waals surface area (Å²) in [6.07, 6.45) is 2.96. The lowest BCUT2D eigenvalue weighted by Gasteiger charge is -2.33. The van der Waals surface area contributed by atoms with E-state index in [4.69, 9.17) is 4.74 Å². The highest BCUT2D eigenvalue weighted by Crippen LogP contribution is 2.29. The number of hydrogen-bond donors (Lipinski definition) is 1. The lowest BCUT2D eigenvalue weighted by molar-refractivity contribution is -0.149. The van der Waals surface area contributed by atoms with Crippen molar-refractivity contribution in [2.45, 2.75) is 39.2 Å². The van der Waals surface area contributed by atoms with Crippen LogP contribution in [0.4, 0.5) is 0 Å². The van der Waals surface area contributed by atoms with Crippen molar-refractivity contribution in [3.8, 4) is 0 Å². The summed E-state index contributed by atoms with van der Waals surface area (Å²) in [5.74, 6) is 1.76. The second kappa shape index (κ2) is 8.05. The van der Waals surface area contributed by atoms with Crippen LogP contribution >= 0.6 is 24.0 Å². The average molecular weight is 395 g/mol. The summed E-state index contributed by atoms with van der Waals surface area (Å²) in [6.45, 7) is 6.34. The number of halogens is 1. The number of hydrogen-bond acceptors (Lipinski definition) is 3. The van der Waals surface area contributed by atoms with Crippen molar-refractivity contribution in [3.63, 3.8) is 0 Å². The van der Waals surface area contributed by atoms with Crippen molar-refractivity contribution in [2.24, 2.45) is 16.8 Å². The Balaban J connectivity index is 0.00000200. The minimum atomic E-state index is -0.0408. The molecule has 2 fully saturated rings. The maximum Gasteiger partial charge on any atom is 0.309 e. The van der Waals surface area contributed by atoms with Gasteiger partial charge in [0.25, 0.3) is 0 Å². The number of rotatable bonds is 3. The Morgan fingerprint density at radius 2 is 2.00 bits per heavy atom. The summed E-state index contributed by atoms with van der Waals surface area (Å²) < 4.78 is 5.09. The van der Waals surface area contributed by atoms with E-state index in [1.54, 1.807) is 0 Å². The first-order valence-electron chi connectivity index (χ1n) is 7.30. The number of ether oxygens (including phenoxy) is 1. The maximum absolute atomic E-state index is 11.7. The van der Waals surface area contributed by atoms with Gasteiger partial charge in [-0.05, 0) is 32.1 Å². The third-order valence-corrected chi connectivity index (χ3v) is 4.05. The van der Waals surface area contributed by atoms with Crippen molar-refractivity contribution in [1.82, 2.24) is 10.2 Å². The fourth-order valence-corrected chi connectivity index (χ4v) is 2.57. The van der Waals surface area contributed by atoms with Gasteiger partial charge in [-0.3, -0.25) is 9.79 Å². The highest BCUT2D eigenvalue weighted by molar-refractivity contribution is 14.0. The molecular formula is C14H26IN3O2. The van der Waals surface area contributed by atoms with Gasteiger partial charge in [-0.2, -0.15) is 0 Å². The molecule has 1 aliphatic heterocycles. The molecule has 2 unspecified atom stereocenters. The van der Waals surface area contributed by atoms with E-state index in [1.165, 1.54) is 6.42 Å². The molecule has 20 heavy (non-hydrogen) atoms. The third-order valence-electron chi connectivity index (χ3n) is 4.05. The van der Waals surface area contributed by atoms with Gasteiger partial charge in [0.15, 0.2) is 5.96 Å². The highest BCUT2D eigenvalue weighted by atomic mass is 127. The second-order valence-corrected chi connectivity index (χ2v) is 5.52. The van der Waals surface area contributed by atoms with Crippen LogP contribution < -0.4 is 5.32 Å². The molecule has 0 spiro atoms. The molecule has 0 radical (unpaired) electrons. The number of nitrogens with zero attached hydrogens (tertiary/aromatic N) is 2. The lowest BCUT2D eigenvalue weighted by atomic mass is 9.97. The molecule has 1 heterocycles. The van der Waals surface area contributed by atoms with Gasteiger partial charge in [-0.25, -0.2) is 0 Å². The first kappa shape index (κ1) is 17.5. The molecule has 1 N–H and O–H groups in total. The van der Waals surface area contributed by atoms with Gasteiger partial charge in [-0.1, -0.05) is 6.92 Å². The van der Waals surface area contributed by atoms with Gasteiger partial charge < -0.3 is 15.0 Å². The van der Waals surface area contributed by atoms with Gasteiger partial charge in [0.2, 0.25) is 0 Å². The summed E-state index contributed by atoms with van der Waals surface area (Å²) in [5.41, 5.74) is 0. The number of nitrogens with one attached hydrogen (secondary N) is 1. The summed E-state index contributed by atoms with van der Waals surface area (Å²) in [7, 11) is 1.83. The molecule has 0 aromatic rings. The molecule has 2 aliphatic rings. The van der Waals surface area contributed by atoms with Gasteiger partial charge >= 0.3 is 5.97 Å². The number of carbonyl (C=O) groups excluding carboxylic acids is 1. The van der Waals surface area contributed by atoms with Crippen LogP contribution in [-0.4, -0.2) is 49.6 Å². The molecule has 0 bridgehead atoms. The first-order valence-corrected chi connectivity index (χ1v) is 7.30. The molecule has 5 nitrogen and oxygen atoms in total. The minimum Gasteiger partial charge on any atom is -0.466 e. The molecule has 116 valence electrons. The molecule has 6 heteroatoms. The van der Waals surface area contributed by atoms with Crippen molar-refractivity contribution in [2.75, 3.05) is 26.7 Å². The molecule has 2 rings (SSSR count). The number of esters is 1. The van der Waals surface area contributed by atoms with E-state index in [2.05, 4.69) is 22.1 Å². The number of carbonyl (C=O) groups is 1. The van der Waals surface area contributed by atoms with E-state index < -0.39 is 0 Å². The molecule has 0 aromatic carbocycles. The largest absolute Gasteiger partial charge is 0.466 e. The van der Waals surface area contributed by atoms with E-state index in [1.807, 2.05) is 14.0 Å². The molecule has 1 saturated carbocycles. The third kappa shape index (κ3) is 4.49. The highest BCUT2D eigenvalue weighted by Gasteiger charge is 2.35. The zero-order valence-electron chi connectivity index (χ0n) is 12.6. The van der Waals surface area contributed by atoms with Gasteiger partial charge in [0, 0.05) is 26.2 Å². The lowest BCUT2D eigenvalue weighted by Crippen LogP contribution is -2.47. The van der Waals surface area contributed by atoms with E-state index in [0.29, 0.717) is 12.6 Å². The van der Waals surface area contributed by atoms with Gasteiger partial charge in [0.05, 0.1) is 12.5 Å². The Labute approximate surface area is 138 Å². The Hall–Kier alpha value is -0.530. The predicted octanol–water partition coefficient (Wildman–Crippen LogP) is 1.86. The number of piperidine rings is 1. The van der Waals surface area contributed by atoms with Gasteiger partial charge in [-0.15, -0.1) is 24.0 Å².